The van der Waals surface area contributed by atoms with Gasteiger partial charge in [-0.25, -0.2) is 4.79 Å². The van der Waals surface area contributed by atoms with Crippen molar-refractivity contribution in [1.29, 1.82) is 0 Å². The average molecular weight is 156 g/mol. The van der Waals surface area contributed by atoms with Crippen LogP contribution in [0.4, 0.5) is 0 Å². The van der Waals surface area contributed by atoms with Gasteiger partial charge in [0.15, 0.2) is 0 Å². The van der Waals surface area contributed by atoms with Gasteiger partial charge in [0.25, 0.3) is 5.78 Å². The molecule has 0 fully saturated rings. The van der Waals surface area contributed by atoms with Crippen molar-refractivity contribution in [2.75, 3.05) is 0 Å². The fraction of sp³-hybridized carbons (Fsp3) is 0.500. The minimum atomic E-state index is -1.40. The number of allylic oxidation sites excluding steroid dienone is 1. The van der Waals surface area contributed by atoms with Crippen LogP contribution in [-0.2, 0) is 9.59 Å². The smallest absolute Gasteiger partial charge is 0.376 e. The van der Waals surface area contributed by atoms with Gasteiger partial charge in [-0.3, -0.25) is 4.79 Å². The zero-order valence-electron chi connectivity index (χ0n) is 6.70. The SMILES string of the molecule is CC(C)C/C=C/C(=O)C(=O)O. The van der Waals surface area contributed by atoms with Gasteiger partial charge in [-0.2, -0.15) is 0 Å². The van der Waals surface area contributed by atoms with E-state index in [2.05, 4.69) is 0 Å². The number of carboxylic acids is 1. The summed E-state index contributed by atoms with van der Waals surface area (Å²) in [6, 6.07) is 0. The number of rotatable bonds is 4. The number of carbonyl (C=O) groups is 2. The molecule has 3 nitrogen and oxygen atoms in total. The summed E-state index contributed by atoms with van der Waals surface area (Å²) < 4.78 is 0. The highest BCUT2D eigenvalue weighted by molar-refractivity contribution is 6.37. The number of ketones is 1. The van der Waals surface area contributed by atoms with Gasteiger partial charge in [0.05, 0.1) is 0 Å². The fourth-order valence-electron chi connectivity index (χ4n) is 0.519. The van der Waals surface area contributed by atoms with Crippen LogP contribution in [0.2, 0.25) is 0 Å². The first-order valence-electron chi connectivity index (χ1n) is 3.48. The van der Waals surface area contributed by atoms with Gasteiger partial charge in [-0.05, 0) is 18.4 Å². The molecule has 0 heterocycles. The van der Waals surface area contributed by atoms with Crippen LogP contribution >= 0.6 is 0 Å². The third-order valence-corrected chi connectivity index (χ3v) is 1.09. The third kappa shape index (κ3) is 5.33. The van der Waals surface area contributed by atoms with Gasteiger partial charge in [0.1, 0.15) is 0 Å². The van der Waals surface area contributed by atoms with Crippen molar-refractivity contribution in [1.82, 2.24) is 0 Å². The maximum atomic E-state index is 10.4. The van der Waals surface area contributed by atoms with Gasteiger partial charge < -0.3 is 5.11 Å². The van der Waals surface area contributed by atoms with Crippen LogP contribution in [0.15, 0.2) is 12.2 Å². The lowest BCUT2D eigenvalue weighted by Crippen LogP contribution is -2.08. The van der Waals surface area contributed by atoms with E-state index >= 15 is 0 Å². The van der Waals surface area contributed by atoms with Gasteiger partial charge >= 0.3 is 5.97 Å². The molecule has 0 amide bonds. The molecule has 0 atom stereocenters. The van der Waals surface area contributed by atoms with E-state index in [1.54, 1.807) is 6.08 Å². The predicted octanol–water partition coefficient (Wildman–Crippen LogP) is 1.24. The number of carbonyl (C=O) groups excluding carboxylic acids is 1. The molecular weight excluding hydrogens is 144 g/mol. The lowest BCUT2D eigenvalue weighted by molar-refractivity contribution is -0.146. The summed E-state index contributed by atoms with van der Waals surface area (Å²) in [6.07, 6.45) is 3.42. The molecule has 0 aromatic carbocycles. The Hall–Kier alpha value is -1.12. The number of hydrogen-bond acceptors (Lipinski definition) is 2. The fourth-order valence-corrected chi connectivity index (χ4v) is 0.519. The van der Waals surface area contributed by atoms with Crippen LogP contribution in [0.5, 0.6) is 0 Å². The minimum absolute atomic E-state index is 0.452. The summed E-state index contributed by atoms with van der Waals surface area (Å²) in [6.45, 7) is 3.99. The summed E-state index contributed by atoms with van der Waals surface area (Å²) >= 11 is 0. The van der Waals surface area contributed by atoms with E-state index in [1.807, 2.05) is 13.8 Å². The van der Waals surface area contributed by atoms with E-state index in [0.717, 1.165) is 12.5 Å². The minimum Gasteiger partial charge on any atom is -0.475 e. The van der Waals surface area contributed by atoms with Crippen molar-refractivity contribution < 1.29 is 14.7 Å². The second-order valence-electron chi connectivity index (χ2n) is 2.70. The number of hydrogen-bond donors (Lipinski definition) is 1. The summed E-state index contributed by atoms with van der Waals surface area (Å²) in [5.74, 6) is -1.80. The van der Waals surface area contributed by atoms with Gasteiger partial charge in [-0.15, -0.1) is 0 Å². The summed E-state index contributed by atoms with van der Waals surface area (Å²) in [4.78, 5) is 20.4. The largest absolute Gasteiger partial charge is 0.475 e. The molecule has 0 saturated heterocycles. The highest BCUT2D eigenvalue weighted by atomic mass is 16.4. The lowest BCUT2D eigenvalue weighted by Gasteiger charge is -1.94. The van der Waals surface area contributed by atoms with Crippen LogP contribution in [0, 0.1) is 5.92 Å². The van der Waals surface area contributed by atoms with E-state index < -0.39 is 11.8 Å². The van der Waals surface area contributed by atoms with Crippen LogP contribution in [0.25, 0.3) is 0 Å². The molecule has 3 heteroatoms. The van der Waals surface area contributed by atoms with Gasteiger partial charge in [-0.1, -0.05) is 19.9 Å². The van der Waals surface area contributed by atoms with Crippen molar-refractivity contribution in [3.63, 3.8) is 0 Å². The topological polar surface area (TPSA) is 54.4 Å². The van der Waals surface area contributed by atoms with E-state index in [4.69, 9.17) is 5.11 Å². The molecule has 0 aliphatic carbocycles. The molecule has 0 radical (unpaired) electrons. The molecule has 0 unspecified atom stereocenters. The third-order valence-electron chi connectivity index (χ3n) is 1.09. The first kappa shape index (κ1) is 9.88. The molecule has 0 saturated carbocycles. The quantitative estimate of drug-likeness (QED) is 0.492. The summed E-state index contributed by atoms with van der Waals surface area (Å²) in [5, 5.41) is 8.15. The standard InChI is InChI=1S/C8H12O3/c1-6(2)4-3-5-7(9)8(10)11/h3,5-6H,4H2,1-2H3,(H,10,11)/b5-3+. The Kier molecular flexibility index (Phi) is 4.18. The Morgan fingerprint density at radius 1 is 1.45 bits per heavy atom. The molecule has 1 N–H and O–H groups in total. The number of aliphatic carboxylic acids is 1. The normalized spacial score (nSPS) is 10.8. The maximum absolute atomic E-state index is 10.4. The van der Waals surface area contributed by atoms with Crippen LogP contribution in [0.1, 0.15) is 20.3 Å². The lowest BCUT2D eigenvalue weighted by atomic mass is 10.1. The molecule has 0 rings (SSSR count). The van der Waals surface area contributed by atoms with Crippen molar-refractivity contribution in [3.8, 4) is 0 Å². The predicted molar refractivity (Wildman–Crippen MR) is 41.2 cm³/mol. The van der Waals surface area contributed by atoms with Crippen molar-refractivity contribution in [3.05, 3.63) is 12.2 Å². The van der Waals surface area contributed by atoms with Crippen LogP contribution < -0.4 is 0 Å². The van der Waals surface area contributed by atoms with E-state index in [-0.39, 0.29) is 0 Å². The second kappa shape index (κ2) is 4.66. The molecular formula is C8H12O3. The monoisotopic (exact) mass is 156 g/mol. The zero-order chi connectivity index (χ0) is 8.85. The Bertz CT molecular complexity index is 180. The summed E-state index contributed by atoms with van der Waals surface area (Å²) in [7, 11) is 0. The molecule has 62 valence electrons. The van der Waals surface area contributed by atoms with Crippen LogP contribution in [-0.4, -0.2) is 16.9 Å². The molecule has 0 aromatic rings. The highest BCUT2D eigenvalue weighted by Crippen LogP contribution is 1.99. The first-order chi connectivity index (χ1) is 5.04. The highest BCUT2D eigenvalue weighted by Gasteiger charge is 2.04. The van der Waals surface area contributed by atoms with Crippen LogP contribution in [0.3, 0.4) is 0 Å². The van der Waals surface area contributed by atoms with E-state index in [0.29, 0.717) is 5.92 Å². The molecule has 0 aliphatic rings. The van der Waals surface area contributed by atoms with Crippen molar-refractivity contribution >= 4 is 11.8 Å². The Balaban J connectivity index is 3.75. The molecule has 0 bridgehead atoms. The van der Waals surface area contributed by atoms with Gasteiger partial charge in [0, 0.05) is 0 Å². The molecule has 0 spiro atoms. The zero-order valence-corrected chi connectivity index (χ0v) is 6.70. The van der Waals surface area contributed by atoms with Crippen molar-refractivity contribution in [2.24, 2.45) is 5.92 Å². The first-order valence-corrected chi connectivity index (χ1v) is 3.48. The van der Waals surface area contributed by atoms with Crippen molar-refractivity contribution in [2.45, 2.75) is 20.3 Å². The van der Waals surface area contributed by atoms with Gasteiger partial charge in [0.2, 0.25) is 0 Å². The Morgan fingerprint density at radius 3 is 2.36 bits per heavy atom. The molecule has 0 aliphatic heterocycles. The average Bonchev–Trinajstić information content (AvgIpc) is 1.86. The van der Waals surface area contributed by atoms with E-state index in [1.165, 1.54) is 0 Å². The Labute approximate surface area is 65.7 Å². The number of carboxylic acid groups (broad SMARTS) is 1. The molecule has 0 aromatic heterocycles. The van der Waals surface area contributed by atoms with E-state index in [9.17, 15) is 9.59 Å². The Morgan fingerprint density at radius 2 is 2.00 bits per heavy atom. The molecule has 11 heavy (non-hydrogen) atoms. The summed E-state index contributed by atoms with van der Waals surface area (Å²) in [5.41, 5.74) is 0. The second-order valence-corrected chi connectivity index (χ2v) is 2.70. The maximum Gasteiger partial charge on any atom is 0.376 e.